The molecule has 2 aliphatic heterocycles. The van der Waals surface area contributed by atoms with Crippen LogP contribution in [0.25, 0.3) is 0 Å². The monoisotopic (exact) mass is 426 g/mol. The highest BCUT2D eigenvalue weighted by atomic mass is 16.5. The second-order valence-corrected chi connectivity index (χ2v) is 9.59. The molecule has 1 aromatic carbocycles. The highest BCUT2D eigenvalue weighted by Gasteiger charge is 2.57. The van der Waals surface area contributed by atoms with Gasteiger partial charge in [-0.05, 0) is 43.9 Å². The molecule has 5 aliphatic rings. The van der Waals surface area contributed by atoms with Crippen molar-refractivity contribution in [1.82, 2.24) is 20.4 Å². The number of piperazine rings is 1. The van der Waals surface area contributed by atoms with Crippen LogP contribution in [0.4, 0.5) is 0 Å². The molecule has 2 N–H and O–H groups in total. The number of amides is 2. The Morgan fingerprint density at radius 1 is 1.19 bits per heavy atom. The van der Waals surface area contributed by atoms with Crippen LogP contribution in [0.15, 0.2) is 24.3 Å². The van der Waals surface area contributed by atoms with Gasteiger partial charge in [0.25, 0.3) is 5.91 Å². The predicted octanol–water partition coefficient (Wildman–Crippen LogP) is 1.70. The second-order valence-electron chi connectivity index (χ2n) is 9.59. The molecule has 0 radical (unpaired) electrons. The second kappa shape index (κ2) is 8.43. The van der Waals surface area contributed by atoms with Crippen molar-refractivity contribution in [3.8, 4) is 5.75 Å². The number of fused-ring (bicyclic) bond motifs is 3. The largest absolute Gasteiger partial charge is 0.467 e. The van der Waals surface area contributed by atoms with Gasteiger partial charge in [0.05, 0.1) is 5.56 Å². The normalized spacial score (nSPS) is 32.9. The first-order valence-electron chi connectivity index (χ1n) is 11.9. The molecule has 168 valence electrons. The van der Waals surface area contributed by atoms with E-state index in [1.807, 2.05) is 18.2 Å². The van der Waals surface area contributed by atoms with Crippen LogP contribution in [-0.2, 0) is 4.79 Å². The summed E-state index contributed by atoms with van der Waals surface area (Å²) in [7, 11) is 0. The Kier molecular flexibility index (Phi) is 5.65. The highest BCUT2D eigenvalue weighted by Crippen LogP contribution is 2.52. The van der Waals surface area contributed by atoms with Crippen molar-refractivity contribution in [3.63, 3.8) is 0 Å². The molecule has 2 bridgehead atoms. The summed E-state index contributed by atoms with van der Waals surface area (Å²) >= 11 is 0. The molecule has 7 heteroatoms. The quantitative estimate of drug-likeness (QED) is 0.750. The van der Waals surface area contributed by atoms with Crippen molar-refractivity contribution in [3.05, 3.63) is 29.8 Å². The molecule has 7 nitrogen and oxygen atoms in total. The number of rotatable bonds is 5. The van der Waals surface area contributed by atoms with E-state index in [1.54, 1.807) is 6.07 Å². The lowest BCUT2D eigenvalue weighted by molar-refractivity contribution is -0.146. The van der Waals surface area contributed by atoms with Gasteiger partial charge in [-0.3, -0.25) is 14.5 Å². The standard InChI is InChI=1S/C24H34N4O3/c1-2-27-11-13-28(14-12-27)10-9-25-22(29)20-15-18-8-7-17(20)16-24(18)26-23(30)19-5-3-4-6-21(19)31-24/h3-6,17-18,20H,2,7-16H2,1H3,(H,25,29)(H,26,30)/t17-,18+,20-,24+/m1/s1. The molecule has 3 saturated carbocycles. The van der Waals surface area contributed by atoms with Crippen LogP contribution in [0, 0.1) is 17.8 Å². The van der Waals surface area contributed by atoms with Gasteiger partial charge in [-0.2, -0.15) is 0 Å². The number of benzene rings is 1. The fourth-order valence-electron chi connectivity index (χ4n) is 6.08. The lowest BCUT2D eigenvalue weighted by Crippen LogP contribution is -2.67. The lowest BCUT2D eigenvalue weighted by Gasteiger charge is -2.55. The first-order valence-corrected chi connectivity index (χ1v) is 11.9. The van der Waals surface area contributed by atoms with Crippen LogP contribution in [0.3, 0.4) is 0 Å². The minimum atomic E-state index is -0.649. The first kappa shape index (κ1) is 20.8. The Bertz CT molecular complexity index is 838. The summed E-state index contributed by atoms with van der Waals surface area (Å²) < 4.78 is 6.40. The van der Waals surface area contributed by atoms with Crippen molar-refractivity contribution in [1.29, 1.82) is 0 Å². The van der Waals surface area contributed by atoms with E-state index in [9.17, 15) is 9.59 Å². The first-order chi connectivity index (χ1) is 15.1. The number of ether oxygens (including phenoxy) is 1. The van der Waals surface area contributed by atoms with E-state index in [0.717, 1.165) is 65.0 Å². The summed E-state index contributed by atoms with van der Waals surface area (Å²) in [6.45, 7) is 9.36. The molecule has 4 fully saturated rings. The van der Waals surface area contributed by atoms with Crippen molar-refractivity contribution in [2.24, 2.45) is 17.8 Å². The zero-order valence-electron chi connectivity index (χ0n) is 18.4. The molecule has 1 spiro atoms. The van der Waals surface area contributed by atoms with Crippen LogP contribution >= 0.6 is 0 Å². The molecule has 0 aromatic heterocycles. The average molecular weight is 427 g/mol. The summed E-state index contributed by atoms with van der Waals surface area (Å²) in [5.74, 6) is 1.25. The van der Waals surface area contributed by atoms with Gasteiger partial charge in [0.15, 0.2) is 5.72 Å². The van der Waals surface area contributed by atoms with Gasteiger partial charge in [0.2, 0.25) is 5.91 Å². The Hall–Kier alpha value is -2.12. The molecule has 2 amide bonds. The van der Waals surface area contributed by atoms with Gasteiger partial charge >= 0.3 is 0 Å². The molecule has 0 unspecified atom stereocenters. The van der Waals surface area contributed by atoms with E-state index in [0.29, 0.717) is 17.9 Å². The van der Waals surface area contributed by atoms with E-state index in [2.05, 4.69) is 27.4 Å². The molecule has 1 saturated heterocycles. The molecule has 31 heavy (non-hydrogen) atoms. The number of nitrogens with one attached hydrogen (secondary N) is 2. The van der Waals surface area contributed by atoms with Crippen molar-refractivity contribution in [2.45, 2.75) is 38.3 Å². The van der Waals surface area contributed by atoms with E-state index >= 15 is 0 Å². The zero-order chi connectivity index (χ0) is 21.4. The minimum absolute atomic E-state index is 0.0268. The molecule has 6 rings (SSSR count). The minimum Gasteiger partial charge on any atom is -0.467 e. The molecule has 3 aliphatic carbocycles. The number of likely N-dealkylation sites (N-methyl/N-ethyl adjacent to an activating group) is 1. The number of nitrogens with zero attached hydrogens (tertiary/aromatic N) is 2. The van der Waals surface area contributed by atoms with Crippen LogP contribution in [0.1, 0.15) is 43.0 Å². The number of hydrogen-bond acceptors (Lipinski definition) is 5. The Morgan fingerprint density at radius 2 is 1.97 bits per heavy atom. The third-order valence-corrected chi connectivity index (χ3v) is 7.94. The van der Waals surface area contributed by atoms with E-state index in [4.69, 9.17) is 4.74 Å². The molecule has 4 atom stereocenters. The molecular weight excluding hydrogens is 392 g/mol. The third-order valence-electron chi connectivity index (χ3n) is 7.94. The fraction of sp³-hybridized carbons (Fsp3) is 0.667. The molecule has 2 heterocycles. The number of carbonyl (C=O) groups excluding carboxylic acids is 2. The lowest BCUT2D eigenvalue weighted by atomic mass is 9.60. The predicted molar refractivity (Wildman–Crippen MR) is 118 cm³/mol. The smallest absolute Gasteiger partial charge is 0.258 e. The Balaban J connectivity index is 1.16. The number of carbonyl (C=O) groups is 2. The van der Waals surface area contributed by atoms with E-state index in [-0.39, 0.29) is 29.6 Å². The third kappa shape index (κ3) is 3.94. The van der Waals surface area contributed by atoms with Crippen LogP contribution < -0.4 is 15.4 Å². The summed E-state index contributed by atoms with van der Waals surface area (Å²) in [4.78, 5) is 30.6. The van der Waals surface area contributed by atoms with Gasteiger partial charge in [-0.15, -0.1) is 0 Å². The summed E-state index contributed by atoms with van der Waals surface area (Å²) in [6, 6.07) is 7.45. The van der Waals surface area contributed by atoms with Gasteiger partial charge in [0.1, 0.15) is 5.75 Å². The maximum Gasteiger partial charge on any atom is 0.258 e. The summed E-state index contributed by atoms with van der Waals surface area (Å²) in [5, 5.41) is 6.37. The van der Waals surface area contributed by atoms with Crippen molar-refractivity contribution >= 4 is 11.8 Å². The Morgan fingerprint density at radius 3 is 2.71 bits per heavy atom. The summed E-state index contributed by atoms with van der Waals surface area (Å²) in [6.07, 6.45) is 3.53. The van der Waals surface area contributed by atoms with E-state index < -0.39 is 5.72 Å². The maximum atomic E-state index is 13.0. The van der Waals surface area contributed by atoms with Gasteiger partial charge in [0, 0.05) is 57.5 Å². The van der Waals surface area contributed by atoms with Crippen molar-refractivity contribution < 1.29 is 14.3 Å². The average Bonchev–Trinajstić information content (AvgIpc) is 2.79. The van der Waals surface area contributed by atoms with E-state index in [1.165, 1.54) is 0 Å². The number of para-hydroxylation sites is 1. The van der Waals surface area contributed by atoms with Crippen LogP contribution in [-0.4, -0.2) is 73.2 Å². The SMILES string of the molecule is CCN1CCN(CCNC(=O)[C@@H]2C[C@@H]3CC[C@@H]2C[C@@]32NC(=O)c3ccccc3O2)CC1. The van der Waals surface area contributed by atoms with Gasteiger partial charge in [-0.1, -0.05) is 19.1 Å². The van der Waals surface area contributed by atoms with Crippen LogP contribution in [0.2, 0.25) is 0 Å². The molecule has 1 aromatic rings. The topological polar surface area (TPSA) is 73.9 Å². The highest BCUT2D eigenvalue weighted by molar-refractivity contribution is 5.98. The van der Waals surface area contributed by atoms with Crippen LogP contribution in [0.5, 0.6) is 5.75 Å². The zero-order valence-corrected chi connectivity index (χ0v) is 18.4. The maximum absolute atomic E-state index is 13.0. The van der Waals surface area contributed by atoms with Crippen molar-refractivity contribution in [2.75, 3.05) is 45.8 Å². The molecular formula is C24H34N4O3. The number of hydrogen-bond donors (Lipinski definition) is 2. The van der Waals surface area contributed by atoms with Gasteiger partial charge < -0.3 is 20.3 Å². The summed E-state index contributed by atoms with van der Waals surface area (Å²) in [5.41, 5.74) is -0.0481. The van der Waals surface area contributed by atoms with Gasteiger partial charge in [-0.25, -0.2) is 0 Å². The fourth-order valence-corrected chi connectivity index (χ4v) is 6.08. The Labute approximate surface area is 184 Å².